The highest BCUT2D eigenvalue weighted by molar-refractivity contribution is 5.92. The molecule has 3 aromatic rings. The number of methoxy groups -OCH3 is 1. The topological polar surface area (TPSA) is 81.8 Å². The summed E-state index contributed by atoms with van der Waals surface area (Å²) < 4.78 is 15.9. The fourth-order valence-electron chi connectivity index (χ4n) is 2.51. The van der Waals surface area contributed by atoms with Gasteiger partial charge in [-0.1, -0.05) is 18.2 Å². The second-order valence-corrected chi connectivity index (χ2v) is 5.66. The number of aryl methyl sites for hydroxylation is 1. The largest absolute Gasteiger partial charge is 0.507 e. The Hall–Kier alpha value is -3.28. The molecule has 0 atom stereocenters. The predicted molar refractivity (Wildman–Crippen MR) is 95.3 cm³/mol. The number of hydrogen-bond acceptors (Lipinski definition) is 6. The molecule has 1 N–H and O–H groups in total. The van der Waals surface area contributed by atoms with Gasteiger partial charge >= 0.3 is 5.97 Å². The van der Waals surface area contributed by atoms with E-state index in [1.165, 1.54) is 19.2 Å². The van der Waals surface area contributed by atoms with E-state index in [4.69, 9.17) is 9.15 Å². The number of oxazole rings is 1. The molecule has 0 amide bonds. The predicted octanol–water partition coefficient (Wildman–Crippen LogP) is 3.76. The monoisotopic (exact) mass is 353 g/mol. The van der Waals surface area contributed by atoms with E-state index in [0.717, 1.165) is 17.0 Å². The maximum Gasteiger partial charge on any atom is 0.341 e. The highest BCUT2D eigenvalue weighted by Gasteiger charge is 2.13. The van der Waals surface area contributed by atoms with E-state index in [2.05, 4.69) is 9.72 Å². The van der Waals surface area contributed by atoms with Crippen LogP contribution in [0.5, 0.6) is 11.5 Å². The molecule has 0 fully saturated rings. The molecule has 0 bridgehead atoms. The minimum absolute atomic E-state index is 0.0969. The summed E-state index contributed by atoms with van der Waals surface area (Å²) >= 11 is 0. The van der Waals surface area contributed by atoms with Gasteiger partial charge in [0.1, 0.15) is 22.8 Å². The van der Waals surface area contributed by atoms with Crippen LogP contribution in [-0.4, -0.2) is 29.8 Å². The third kappa shape index (κ3) is 3.85. The molecule has 0 spiro atoms. The number of carbonyl (C=O) groups is 1. The first-order valence-corrected chi connectivity index (χ1v) is 8.14. The highest BCUT2D eigenvalue weighted by Crippen LogP contribution is 2.25. The molecule has 1 heterocycles. The Kier molecular flexibility index (Phi) is 5.22. The SMILES string of the molecule is COC(=O)c1ccc(OCCc2nc(-c3ccccc3)oc2C)cc1O. The lowest BCUT2D eigenvalue weighted by Crippen LogP contribution is -2.04. The van der Waals surface area contributed by atoms with Gasteiger partial charge < -0.3 is 19.0 Å². The van der Waals surface area contributed by atoms with Crippen LogP contribution in [0.4, 0.5) is 0 Å². The molecule has 134 valence electrons. The van der Waals surface area contributed by atoms with Crippen molar-refractivity contribution in [2.75, 3.05) is 13.7 Å². The molecule has 6 nitrogen and oxygen atoms in total. The number of benzene rings is 2. The second kappa shape index (κ2) is 7.74. The number of phenols is 1. The summed E-state index contributed by atoms with van der Waals surface area (Å²) in [6, 6.07) is 14.1. The number of rotatable bonds is 6. The Balaban J connectivity index is 1.63. The maximum atomic E-state index is 11.5. The number of aromatic hydroxyl groups is 1. The molecule has 0 radical (unpaired) electrons. The van der Waals surface area contributed by atoms with E-state index < -0.39 is 5.97 Å². The number of esters is 1. The molecule has 0 saturated heterocycles. The summed E-state index contributed by atoms with van der Waals surface area (Å²) in [5, 5.41) is 9.87. The summed E-state index contributed by atoms with van der Waals surface area (Å²) in [7, 11) is 1.26. The van der Waals surface area contributed by atoms with E-state index in [1.807, 2.05) is 37.3 Å². The fraction of sp³-hybridized carbons (Fsp3) is 0.200. The Labute approximate surface area is 151 Å². The number of nitrogens with zero attached hydrogens (tertiary/aromatic N) is 1. The van der Waals surface area contributed by atoms with Gasteiger partial charge in [0.25, 0.3) is 0 Å². The molecule has 3 rings (SSSR count). The average Bonchev–Trinajstić information content (AvgIpc) is 3.03. The van der Waals surface area contributed by atoms with E-state index in [-0.39, 0.29) is 11.3 Å². The van der Waals surface area contributed by atoms with E-state index in [0.29, 0.717) is 24.7 Å². The lowest BCUT2D eigenvalue weighted by molar-refractivity contribution is 0.0597. The van der Waals surface area contributed by atoms with Gasteiger partial charge in [-0.25, -0.2) is 9.78 Å². The van der Waals surface area contributed by atoms with Gasteiger partial charge in [-0.2, -0.15) is 0 Å². The summed E-state index contributed by atoms with van der Waals surface area (Å²) in [6.45, 7) is 2.23. The zero-order valence-corrected chi connectivity index (χ0v) is 14.6. The van der Waals surface area contributed by atoms with E-state index in [9.17, 15) is 9.90 Å². The van der Waals surface area contributed by atoms with Crippen LogP contribution in [0.3, 0.4) is 0 Å². The molecule has 0 saturated carbocycles. The van der Waals surface area contributed by atoms with Crippen LogP contribution < -0.4 is 4.74 Å². The third-order valence-corrected chi connectivity index (χ3v) is 3.90. The highest BCUT2D eigenvalue weighted by atomic mass is 16.5. The summed E-state index contributed by atoms with van der Waals surface area (Å²) in [5.41, 5.74) is 1.84. The Morgan fingerprint density at radius 2 is 1.96 bits per heavy atom. The van der Waals surface area contributed by atoms with Crippen molar-refractivity contribution < 1.29 is 23.8 Å². The lowest BCUT2D eigenvalue weighted by atomic mass is 10.2. The summed E-state index contributed by atoms with van der Waals surface area (Å²) in [4.78, 5) is 16.0. The first-order valence-electron chi connectivity index (χ1n) is 8.14. The van der Waals surface area contributed by atoms with Gasteiger partial charge in [-0.3, -0.25) is 0 Å². The van der Waals surface area contributed by atoms with Crippen molar-refractivity contribution in [1.29, 1.82) is 0 Å². The molecule has 0 unspecified atom stereocenters. The summed E-state index contributed by atoms with van der Waals surface area (Å²) in [5.74, 6) is 1.01. The van der Waals surface area contributed by atoms with Gasteiger partial charge in [0.05, 0.1) is 19.4 Å². The molecule has 0 aliphatic carbocycles. The van der Waals surface area contributed by atoms with Crippen LogP contribution >= 0.6 is 0 Å². The van der Waals surface area contributed by atoms with Crippen LogP contribution in [0.15, 0.2) is 52.9 Å². The molecular formula is C20H19NO5. The van der Waals surface area contributed by atoms with Gasteiger partial charge in [0.2, 0.25) is 5.89 Å². The smallest absolute Gasteiger partial charge is 0.341 e. The van der Waals surface area contributed by atoms with Crippen LogP contribution in [0.1, 0.15) is 21.8 Å². The molecule has 6 heteroatoms. The summed E-state index contributed by atoms with van der Waals surface area (Å²) in [6.07, 6.45) is 0.557. The van der Waals surface area contributed by atoms with Crippen LogP contribution in [0, 0.1) is 6.92 Å². The Bertz CT molecular complexity index is 902. The van der Waals surface area contributed by atoms with Crippen LogP contribution in [0.25, 0.3) is 11.5 Å². The number of aromatic nitrogens is 1. The molecule has 2 aromatic carbocycles. The molecule has 1 aromatic heterocycles. The van der Waals surface area contributed by atoms with E-state index in [1.54, 1.807) is 6.07 Å². The molecule has 0 aliphatic rings. The molecular weight excluding hydrogens is 334 g/mol. The van der Waals surface area contributed by atoms with Crippen molar-refractivity contribution in [3.8, 4) is 23.0 Å². The second-order valence-electron chi connectivity index (χ2n) is 5.66. The van der Waals surface area contributed by atoms with Crippen molar-refractivity contribution in [3.63, 3.8) is 0 Å². The van der Waals surface area contributed by atoms with Crippen molar-refractivity contribution in [3.05, 3.63) is 65.5 Å². The maximum absolute atomic E-state index is 11.5. The first-order chi connectivity index (χ1) is 12.6. The third-order valence-electron chi connectivity index (χ3n) is 3.90. The number of hydrogen-bond donors (Lipinski definition) is 1. The van der Waals surface area contributed by atoms with E-state index >= 15 is 0 Å². The minimum atomic E-state index is -0.597. The first kappa shape index (κ1) is 17.5. The average molecular weight is 353 g/mol. The zero-order chi connectivity index (χ0) is 18.5. The van der Waals surface area contributed by atoms with Crippen molar-refractivity contribution >= 4 is 5.97 Å². The normalized spacial score (nSPS) is 10.5. The number of carbonyl (C=O) groups excluding carboxylic acids is 1. The quantitative estimate of drug-likeness (QED) is 0.680. The zero-order valence-electron chi connectivity index (χ0n) is 14.6. The molecule has 0 aliphatic heterocycles. The van der Waals surface area contributed by atoms with Crippen molar-refractivity contribution in [2.24, 2.45) is 0 Å². The van der Waals surface area contributed by atoms with Crippen molar-refractivity contribution in [2.45, 2.75) is 13.3 Å². The number of phenolic OH excluding ortho intramolecular Hbond substituents is 1. The standard InChI is InChI=1S/C20H19NO5/c1-13-17(21-19(26-13)14-6-4-3-5-7-14)10-11-25-15-8-9-16(18(22)12-15)20(23)24-2/h3-9,12,22H,10-11H2,1-2H3. The molecule has 26 heavy (non-hydrogen) atoms. The fourth-order valence-corrected chi connectivity index (χ4v) is 2.51. The number of ether oxygens (including phenoxy) is 2. The van der Waals surface area contributed by atoms with Crippen LogP contribution in [-0.2, 0) is 11.2 Å². The minimum Gasteiger partial charge on any atom is -0.507 e. The Morgan fingerprint density at radius 3 is 2.65 bits per heavy atom. The van der Waals surface area contributed by atoms with Crippen LogP contribution in [0.2, 0.25) is 0 Å². The van der Waals surface area contributed by atoms with Gasteiger partial charge in [-0.05, 0) is 31.2 Å². The van der Waals surface area contributed by atoms with Crippen molar-refractivity contribution in [1.82, 2.24) is 4.98 Å². The Morgan fingerprint density at radius 1 is 1.19 bits per heavy atom. The lowest BCUT2D eigenvalue weighted by Gasteiger charge is -2.08. The van der Waals surface area contributed by atoms with Gasteiger partial charge in [0.15, 0.2) is 0 Å². The van der Waals surface area contributed by atoms with Gasteiger partial charge in [-0.15, -0.1) is 0 Å². The van der Waals surface area contributed by atoms with Gasteiger partial charge in [0, 0.05) is 18.1 Å².